The van der Waals surface area contributed by atoms with Crippen molar-refractivity contribution in [3.8, 4) is 11.5 Å². The lowest BCUT2D eigenvalue weighted by Crippen LogP contribution is -2.55. The van der Waals surface area contributed by atoms with Gasteiger partial charge in [-0.3, -0.25) is 14.6 Å². The molecule has 12 heteroatoms. The number of aromatic hydroxyl groups is 1. The first-order chi connectivity index (χ1) is 32.9. The van der Waals surface area contributed by atoms with Crippen molar-refractivity contribution < 1.29 is 29.3 Å². The second kappa shape index (κ2) is 18.8. The number of carbonyl (C=O) groups excluding carboxylic acids is 2. The normalized spacial score (nSPS) is 38.4. The summed E-state index contributed by atoms with van der Waals surface area (Å²) in [4.78, 5) is 34.8. The van der Waals surface area contributed by atoms with Gasteiger partial charge in [0.25, 0.3) is 0 Å². The van der Waals surface area contributed by atoms with Gasteiger partial charge in [0.2, 0.25) is 5.91 Å². The van der Waals surface area contributed by atoms with Crippen molar-refractivity contribution in [2.45, 2.75) is 208 Å². The predicted octanol–water partition coefficient (Wildman–Crippen LogP) is 11.2. The van der Waals surface area contributed by atoms with Gasteiger partial charge in [-0.2, -0.15) is 0 Å². The van der Waals surface area contributed by atoms with E-state index < -0.39 is 11.7 Å². The number of amides is 1. The topological polar surface area (TPSA) is 147 Å². The molecule has 10 atom stereocenters. The number of nitrogens with two attached hydrogens (primary N) is 1. The summed E-state index contributed by atoms with van der Waals surface area (Å²) in [6.07, 6.45) is 24.4. The van der Waals surface area contributed by atoms with E-state index in [1.165, 1.54) is 51.0 Å². The molecule has 11 aliphatic rings. The fourth-order valence-corrected chi connectivity index (χ4v) is 20.2. The van der Waals surface area contributed by atoms with Gasteiger partial charge in [0.1, 0.15) is 16.1 Å². The van der Waals surface area contributed by atoms with Gasteiger partial charge in [0, 0.05) is 67.1 Å². The van der Waals surface area contributed by atoms with Gasteiger partial charge in [-0.1, -0.05) is 77.6 Å². The van der Waals surface area contributed by atoms with Crippen molar-refractivity contribution in [3.05, 3.63) is 58.7 Å². The Morgan fingerprint density at radius 2 is 1.74 bits per heavy atom. The minimum Gasteiger partial charge on any atom is -0.504 e. The summed E-state index contributed by atoms with van der Waals surface area (Å²) < 4.78 is 13.6. The molecule has 5 N–H and O–H groups in total. The summed E-state index contributed by atoms with van der Waals surface area (Å²) >= 11 is 0. The molecular formula is C56H78N4O6S2. The number of benzene rings is 2. The van der Waals surface area contributed by atoms with E-state index >= 15 is 0 Å². The van der Waals surface area contributed by atoms with Crippen molar-refractivity contribution in [1.82, 2.24) is 10.2 Å². The number of phenols is 1. The van der Waals surface area contributed by atoms with Crippen LogP contribution in [0, 0.1) is 28.6 Å². The molecule has 370 valence electrons. The molecule has 13 rings (SSSR count). The molecule has 10 nitrogen and oxygen atoms in total. The molecule has 5 aliphatic heterocycles. The molecule has 1 saturated heterocycles. The molecule has 2 aromatic carbocycles. The van der Waals surface area contributed by atoms with Gasteiger partial charge in [0.15, 0.2) is 17.5 Å². The summed E-state index contributed by atoms with van der Waals surface area (Å²) in [5.41, 5.74) is 10.2. The van der Waals surface area contributed by atoms with Gasteiger partial charge >= 0.3 is 5.97 Å². The Kier molecular flexibility index (Phi) is 13.1. The van der Waals surface area contributed by atoms with Crippen LogP contribution in [0.5, 0.6) is 11.5 Å². The molecule has 8 bridgehead atoms. The van der Waals surface area contributed by atoms with Crippen molar-refractivity contribution >= 4 is 39.4 Å². The van der Waals surface area contributed by atoms with Crippen LogP contribution < -0.4 is 15.8 Å². The highest BCUT2D eigenvalue weighted by Gasteiger charge is 2.59. The number of fused-ring (bicyclic) bond motifs is 12. The number of hydrogen-bond donors (Lipinski definition) is 4. The largest absolute Gasteiger partial charge is 0.504 e. The van der Waals surface area contributed by atoms with Crippen molar-refractivity contribution in [2.24, 2.45) is 39.3 Å². The van der Waals surface area contributed by atoms with Gasteiger partial charge in [-0.15, -0.1) is 0 Å². The Labute approximate surface area is 413 Å². The standard InChI is InChI=1S/C56H78N4O6S2/c1-37(61)65-53-26-18-39(46(62)32-53)14-6-3-9-29-67-68-56(25-11-23-52(56)21-7-8-22-52)59-51(57)58-34-44-16-17-45(38-12-4-2-5-13-38)54(44)33-47(63)60(36-54)35-42-30-40(19-27-53)48-41-20-28-55(66-50(48)49(42)64)24-10-15-43(55)31-41/h2,4-5,12-13,30,39,41,43-46,62,64H,3,6-11,14-29,31-36H2,1H3,(H3,57,58,59)/t39-,41+,43+,44-,45-,46-,53-,54-,55-,56+/m1/s1. The van der Waals surface area contributed by atoms with Crippen LogP contribution in [-0.2, 0) is 27.3 Å². The quantitative estimate of drug-likeness (QED) is 0.169. The van der Waals surface area contributed by atoms with Gasteiger partial charge in [0.05, 0.1) is 6.10 Å². The van der Waals surface area contributed by atoms with E-state index in [0.717, 1.165) is 119 Å². The first kappa shape index (κ1) is 47.2. The maximum absolute atomic E-state index is 14.8. The third kappa shape index (κ3) is 8.45. The molecular weight excluding hydrogens is 889 g/mol. The van der Waals surface area contributed by atoms with Crippen LogP contribution in [-0.4, -0.2) is 74.0 Å². The van der Waals surface area contributed by atoms with Crippen LogP contribution in [0.2, 0.25) is 0 Å². The summed E-state index contributed by atoms with van der Waals surface area (Å²) in [6.45, 7) is 2.98. The minimum atomic E-state index is -0.765. The molecule has 0 aromatic heterocycles. The average Bonchev–Trinajstić information content (AvgIpc) is 4.14. The number of nitrogens with zero attached hydrogens (tertiary/aromatic N) is 2. The van der Waals surface area contributed by atoms with Crippen LogP contribution in [0.3, 0.4) is 0 Å². The number of phenolic OH excluding ortho intramolecular Hbond substituents is 1. The Balaban J connectivity index is 0.959. The zero-order valence-electron chi connectivity index (χ0n) is 40.7. The van der Waals surface area contributed by atoms with Crippen LogP contribution in [0.15, 0.2) is 41.4 Å². The van der Waals surface area contributed by atoms with E-state index in [0.29, 0.717) is 62.9 Å². The Hall–Kier alpha value is -3.09. The highest BCUT2D eigenvalue weighted by atomic mass is 33.1. The fraction of sp³-hybridized carbons (Fsp3) is 0.732. The highest BCUT2D eigenvalue weighted by Crippen LogP contribution is 2.64. The van der Waals surface area contributed by atoms with Crippen LogP contribution in [0.4, 0.5) is 0 Å². The number of carbonyl (C=O) groups is 2. The molecule has 6 saturated carbocycles. The average molecular weight is 967 g/mol. The number of aliphatic hydroxyl groups excluding tert-OH is 1. The van der Waals surface area contributed by atoms with Crippen molar-refractivity contribution in [2.75, 3.05) is 18.8 Å². The van der Waals surface area contributed by atoms with Gasteiger partial charge in [-0.05, 0) is 169 Å². The summed E-state index contributed by atoms with van der Waals surface area (Å²) in [5, 5.41) is 28.4. The third-order valence-corrected chi connectivity index (χ3v) is 23.3. The zero-order chi connectivity index (χ0) is 46.7. The summed E-state index contributed by atoms with van der Waals surface area (Å²) in [7, 11) is 4.04. The lowest BCUT2D eigenvalue weighted by atomic mass is 9.68. The van der Waals surface area contributed by atoms with Crippen molar-refractivity contribution in [3.63, 3.8) is 0 Å². The van der Waals surface area contributed by atoms with E-state index in [9.17, 15) is 19.8 Å². The van der Waals surface area contributed by atoms with E-state index in [2.05, 4.69) is 41.7 Å². The number of aliphatic hydroxyl groups is 1. The number of nitrogens with one attached hydrogen (secondary N) is 1. The number of rotatable bonds is 2. The summed E-state index contributed by atoms with van der Waals surface area (Å²) in [6, 6.07) is 13.0. The number of aliphatic imine (C=N–C) groups is 1. The Morgan fingerprint density at radius 3 is 2.56 bits per heavy atom. The van der Waals surface area contributed by atoms with E-state index in [4.69, 9.17) is 20.2 Å². The SMILES string of the molecule is CC(=O)O[C@@]12CCc3cc(c(O)c4c3[C@H]3CC[C@@]5(CCC[C@H]5C3)O4)CN3C[C@]4(CC3=O)[C@H](CC[C@@H]4c3ccccc3)CN=C(N)N[C@@]3(CCCC34CCCC4)SSCCCCC[C@H](CC1)[C@H](O)C2. The molecule has 68 heavy (non-hydrogen) atoms. The maximum Gasteiger partial charge on any atom is 0.303 e. The number of hydrogen-bond acceptors (Lipinski definition) is 11. The Morgan fingerprint density at radius 1 is 0.897 bits per heavy atom. The predicted molar refractivity (Wildman–Crippen MR) is 272 cm³/mol. The number of guanidine groups is 1. The van der Waals surface area contributed by atoms with Gasteiger partial charge < -0.3 is 35.6 Å². The minimum absolute atomic E-state index is 0.123. The number of ether oxygens (including phenoxy) is 2. The van der Waals surface area contributed by atoms with Gasteiger partial charge in [-0.25, -0.2) is 0 Å². The van der Waals surface area contributed by atoms with Crippen LogP contribution in [0.1, 0.15) is 195 Å². The van der Waals surface area contributed by atoms with Crippen LogP contribution in [0.25, 0.3) is 0 Å². The molecule has 4 spiro atoms. The Bertz CT molecular complexity index is 2230. The second-order valence-corrected chi connectivity index (χ2v) is 26.2. The van der Waals surface area contributed by atoms with Crippen LogP contribution >= 0.6 is 21.6 Å². The summed E-state index contributed by atoms with van der Waals surface area (Å²) in [5.74, 6) is 3.58. The van der Waals surface area contributed by atoms with E-state index in [1.54, 1.807) is 0 Å². The molecule has 7 fully saturated rings. The van der Waals surface area contributed by atoms with Crippen molar-refractivity contribution in [1.29, 1.82) is 0 Å². The third-order valence-electron chi connectivity index (χ3n) is 20.0. The second-order valence-electron chi connectivity index (χ2n) is 23.5. The lowest BCUT2D eigenvalue weighted by molar-refractivity contribution is -0.168. The molecule has 5 heterocycles. The van der Waals surface area contributed by atoms with E-state index in [1.807, 2.05) is 26.5 Å². The fourth-order valence-electron chi connectivity index (χ4n) is 16.6. The van der Waals surface area contributed by atoms with E-state index in [-0.39, 0.29) is 62.6 Å². The molecule has 1 amide bonds. The zero-order valence-corrected chi connectivity index (χ0v) is 42.4. The first-order valence-electron chi connectivity index (χ1n) is 27.1. The highest BCUT2D eigenvalue weighted by molar-refractivity contribution is 8.77. The molecule has 0 unspecified atom stereocenters. The number of aryl methyl sites for hydroxylation is 1. The molecule has 6 aliphatic carbocycles. The maximum atomic E-state index is 14.8. The monoisotopic (exact) mass is 967 g/mol. The smallest absolute Gasteiger partial charge is 0.303 e. The molecule has 2 aromatic rings. The molecule has 0 radical (unpaired) electrons. The first-order valence-corrected chi connectivity index (χ1v) is 29.4. The number of esters is 1. The lowest BCUT2D eigenvalue weighted by Gasteiger charge is -2.44.